The molecule has 7 nitrogen and oxygen atoms in total. The van der Waals surface area contributed by atoms with E-state index in [9.17, 15) is 0 Å². The normalized spacial score (nSPS) is 15.5. The lowest BCUT2D eigenvalue weighted by atomic mass is 9.87. The second kappa shape index (κ2) is 16.6. The number of nitrogens with one attached hydrogen (secondary N) is 2. The lowest BCUT2D eigenvalue weighted by Gasteiger charge is -2.34. The third kappa shape index (κ3) is 8.90. The van der Waals surface area contributed by atoms with Gasteiger partial charge in [-0.15, -0.1) is 0 Å². The summed E-state index contributed by atoms with van der Waals surface area (Å²) in [5, 5.41) is 7.03. The fourth-order valence-corrected chi connectivity index (χ4v) is 6.74. The minimum Gasteiger partial charge on any atom is -0.497 e. The first-order valence-corrected chi connectivity index (χ1v) is 18.0. The summed E-state index contributed by atoms with van der Waals surface area (Å²) < 4.78 is 10.6. The van der Waals surface area contributed by atoms with Gasteiger partial charge in [0.25, 0.3) is 0 Å². The maximum Gasteiger partial charge on any atom is 0.118 e. The molecule has 0 radical (unpaired) electrons. The van der Waals surface area contributed by atoms with Crippen molar-refractivity contribution in [3.8, 4) is 11.5 Å². The summed E-state index contributed by atoms with van der Waals surface area (Å²) in [5.41, 5.74) is 24.1. The summed E-state index contributed by atoms with van der Waals surface area (Å²) >= 11 is 0. The van der Waals surface area contributed by atoms with Crippen LogP contribution in [-0.4, -0.2) is 14.2 Å². The molecule has 0 saturated carbocycles. The Hall–Kier alpha value is -5.30. The molecule has 2 unspecified atom stereocenters. The number of nitrogens with zero attached hydrogens (tertiary/aromatic N) is 1. The number of ether oxygens (including phenoxy) is 2. The highest BCUT2D eigenvalue weighted by molar-refractivity contribution is 5.70. The summed E-state index contributed by atoms with van der Waals surface area (Å²) in [6.45, 7) is 12.1. The smallest absolute Gasteiger partial charge is 0.118 e. The highest BCUT2D eigenvalue weighted by Crippen LogP contribution is 2.48. The number of rotatable bonds is 11. The van der Waals surface area contributed by atoms with Crippen LogP contribution in [0.2, 0.25) is 0 Å². The number of nitrogens with two attached hydrogens (primary N) is 2. The molecule has 2 atom stereocenters. The Morgan fingerprint density at radius 2 is 1.02 bits per heavy atom. The Morgan fingerprint density at radius 1 is 0.608 bits per heavy atom. The van der Waals surface area contributed by atoms with Gasteiger partial charge in [-0.1, -0.05) is 83.1 Å². The van der Waals surface area contributed by atoms with Crippen LogP contribution in [0.1, 0.15) is 87.4 Å². The summed E-state index contributed by atoms with van der Waals surface area (Å²) in [5.74, 6) is 1.69. The maximum atomic E-state index is 6.69. The van der Waals surface area contributed by atoms with Crippen LogP contribution < -0.4 is 36.5 Å². The largest absolute Gasteiger partial charge is 0.497 e. The van der Waals surface area contributed by atoms with Crippen LogP contribution in [0.4, 0.5) is 28.4 Å². The quantitative estimate of drug-likeness (QED) is 0.103. The van der Waals surface area contributed by atoms with Crippen molar-refractivity contribution in [2.24, 2.45) is 0 Å². The van der Waals surface area contributed by atoms with E-state index in [-0.39, 0.29) is 17.5 Å². The first-order chi connectivity index (χ1) is 24.6. The Labute approximate surface area is 305 Å². The van der Waals surface area contributed by atoms with Gasteiger partial charge in [0, 0.05) is 18.8 Å². The van der Waals surface area contributed by atoms with E-state index in [1.165, 1.54) is 22.4 Å². The van der Waals surface area contributed by atoms with Crippen LogP contribution in [0.5, 0.6) is 11.5 Å². The van der Waals surface area contributed by atoms with E-state index in [4.69, 9.17) is 20.9 Å². The zero-order chi connectivity index (χ0) is 36.5. The number of nitrogen functional groups attached to an aromatic ring is 2. The van der Waals surface area contributed by atoms with E-state index in [1.54, 1.807) is 14.2 Å². The Balaban J connectivity index is 0.00000248. The zero-order valence-electron chi connectivity index (χ0n) is 31.3. The van der Waals surface area contributed by atoms with Crippen molar-refractivity contribution in [2.45, 2.75) is 78.0 Å². The van der Waals surface area contributed by atoms with Crippen molar-refractivity contribution in [2.75, 3.05) is 41.2 Å². The van der Waals surface area contributed by atoms with Gasteiger partial charge in [0.2, 0.25) is 0 Å². The molecule has 0 aliphatic carbocycles. The minimum absolute atomic E-state index is 0.0779. The van der Waals surface area contributed by atoms with E-state index in [0.29, 0.717) is 13.1 Å². The van der Waals surface area contributed by atoms with Crippen molar-refractivity contribution < 1.29 is 9.47 Å². The fraction of sp³-hybridized carbons (Fsp3) is 0.318. The van der Waals surface area contributed by atoms with Gasteiger partial charge < -0.3 is 36.5 Å². The lowest BCUT2D eigenvalue weighted by molar-refractivity contribution is 0.414. The first kappa shape index (κ1) is 37.0. The van der Waals surface area contributed by atoms with Gasteiger partial charge in [-0.2, -0.15) is 0 Å². The van der Waals surface area contributed by atoms with Gasteiger partial charge >= 0.3 is 0 Å². The second-order valence-corrected chi connectivity index (χ2v) is 13.9. The van der Waals surface area contributed by atoms with E-state index < -0.39 is 0 Å². The number of benzene rings is 5. The van der Waals surface area contributed by atoms with Crippen LogP contribution in [-0.2, 0) is 18.5 Å². The molecular formula is C44H55N5O2. The molecule has 51 heavy (non-hydrogen) atoms. The molecule has 5 aromatic rings. The lowest BCUT2D eigenvalue weighted by Crippen LogP contribution is -2.26. The molecule has 5 aromatic carbocycles. The molecule has 0 amide bonds. The Bertz CT molecular complexity index is 1740. The Kier molecular flexibility index (Phi) is 12.0. The van der Waals surface area contributed by atoms with Crippen molar-refractivity contribution in [3.63, 3.8) is 0 Å². The zero-order valence-corrected chi connectivity index (χ0v) is 31.3. The molecule has 6 rings (SSSR count). The SMILES string of the molecule is CC.COc1ccc(CNc2ccc(C3CCC(c4ccc(NCc5ccc(OC)cc5)c(N)c4)N3c3ccc(C(C)(C)C)cc3)cc2N)cc1. The highest BCUT2D eigenvalue weighted by atomic mass is 16.5. The van der Waals surface area contributed by atoms with Gasteiger partial charge in [0.05, 0.1) is 49.1 Å². The molecule has 6 N–H and O–H groups in total. The second-order valence-electron chi connectivity index (χ2n) is 13.9. The van der Waals surface area contributed by atoms with Crippen LogP contribution >= 0.6 is 0 Å². The average molecular weight is 686 g/mol. The van der Waals surface area contributed by atoms with E-state index >= 15 is 0 Å². The van der Waals surface area contributed by atoms with Crippen molar-refractivity contribution in [3.05, 3.63) is 137 Å². The molecule has 0 aromatic heterocycles. The molecule has 1 heterocycles. The number of anilines is 5. The van der Waals surface area contributed by atoms with Crippen LogP contribution in [0, 0.1) is 0 Å². The van der Waals surface area contributed by atoms with Crippen molar-refractivity contribution in [1.29, 1.82) is 0 Å². The van der Waals surface area contributed by atoms with Crippen molar-refractivity contribution >= 4 is 28.4 Å². The standard InChI is InChI=1S/C42H49N5O2.C2H6/c1-42(2,3)32-12-14-33(15-13-32)47-40(30-10-20-38(36(43)24-30)45-26-28-6-16-34(48-4)17-7-28)22-23-41(47)31-11-21-39(37(44)25-31)46-27-29-8-18-35(49-5)19-9-29;1-2/h6-21,24-25,40-41,45-46H,22-23,26-27,43-44H2,1-5H3;1-2H3. The fourth-order valence-electron chi connectivity index (χ4n) is 6.74. The molecule has 1 aliphatic heterocycles. The summed E-state index contributed by atoms with van der Waals surface area (Å²) in [6, 6.07) is 38.5. The van der Waals surface area contributed by atoms with E-state index in [1.807, 2.05) is 38.1 Å². The van der Waals surface area contributed by atoms with E-state index in [0.717, 1.165) is 58.2 Å². The number of hydrogen-bond acceptors (Lipinski definition) is 7. The third-order valence-electron chi connectivity index (χ3n) is 9.62. The topological polar surface area (TPSA) is 97.8 Å². The van der Waals surface area contributed by atoms with Gasteiger partial charge in [-0.25, -0.2) is 0 Å². The summed E-state index contributed by atoms with van der Waals surface area (Å²) in [4.78, 5) is 2.56. The first-order valence-electron chi connectivity index (χ1n) is 18.0. The number of methoxy groups -OCH3 is 2. The Morgan fingerprint density at radius 3 is 1.37 bits per heavy atom. The predicted molar refractivity (Wildman–Crippen MR) is 216 cm³/mol. The summed E-state index contributed by atoms with van der Waals surface area (Å²) in [6.07, 6.45) is 2.00. The van der Waals surface area contributed by atoms with Crippen molar-refractivity contribution in [1.82, 2.24) is 0 Å². The molecule has 1 fully saturated rings. The minimum atomic E-state index is 0.0779. The molecule has 0 spiro atoms. The van der Waals surface area contributed by atoms with Gasteiger partial charge in [-0.3, -0.25) is 0 Å². The molecule has 7 heteroatoms. The molecular weight excluding hydrogens is 631 g/mol. The van der Waals surface area contributed by atoms with Gasteiger partial charge in [0.1, 0.15) is 11.5 Å². The van der Waals surface area contributed by atoms with Crippen LogP contribution in [0.15, 0.2) is 109 Å². The molecule has 1 saturated heterocycles. The van der Waals surface area contributed by atoms with Gasteiger partial charge in [-0.05, 0) is 107 Å². The number of hydrogen-bond donors (Lipinski definition) is 4. The third-order valence-corrected chi connectivity index (χ3v) is 9.62. The van der Waals surface area contributed by atoms with Crippen LogP contribution in [0.3, 0.4) is 0 Å². The van der Waals surface area contributed by atoms with E-state index in [2.05, 4.69) is 121 Å². The highest BCUT2D eigenvalue weighted by Gasteiger charge is 2.36. The maximum absolute atomic E-state index is 6.69. The summed E-state index contributed by atoms with van der Waals surface area (Å²) in [7, 11) is 3.36. The predicted octanol–water partition coefficient (Wildman–Crippen LogP) is 10.5. The molecule has 268 valence electrons. The van der Waals surface area contributed by atoms with Gasteiger partial charge in [0.15, 0.2) is 0 Å². The van der Waals surface area contributed by atoms with Crippen LogP contribution in [0.25, 0.3) is 0 Å². The molecule has 1 aliphatic rings. The monoisotopic (exact) mass is 685 g/mol. The molecule has 0 bridgehead atoms. The average Bonchev–Trinajstić information content (AvgIpc) is 3.60.